The Morgan fingerprint density at radius 3 is 1.96 bits per heavy atom. The molecule has 3 saturated heterocycles. The first-order valence-electron chi connectivity index (χ1n) is 16.5. The van der Waals surface area contributed by atoms with E-state index in [1.165, 1.54) is 13.0 Å². The van der Waals surface area contributed by atoms with Crippen molar-refractivity contribution in [2.75, 3.05) is 13.2 Å². The van der Waals surface area contributed by atoms with E-state index in [-0.39, 0.29) is 11.1 Å². The summed E-state index contributed by atoms with van der Waals surface area (Å²) < 4.78 is 39.3. The van der Waals surface area contributed by atoms with Gasteiger partial charge in [0.2, 0.25) is 17.5 Å². The quantitative estimate of drug-likeness (QED) is 0.0925. The number of hydrogen-bond donors (Lipinski definition) is 13. The lowest BCUT2D eigenvalue weighted by atomic mass is 9.97. The summed E-state index contributed by atoms with van der Waals surface area (Å²) in [7, 11) is 0. The highest BCUT2D eigenvalue weighted by Crippen LogP contribution is 2.40. The predicted octanol–water partition coefficient (Wildman–Crippen LogP) is -3.86. The third-order valence-corrected chi connectivity index (χ3v) is 9.40. The minimum Gasteiger partial charge on any atom is -0.508 e. The molecule has 3 aliphatic rings. The summed E-state index contributed by atoms with van der Waals surface area (Å²) in [5.41, 5.74) is -1.47. The van der Waals surface area contributed by atoms with Gasteiger partial charge in [0.25, 0.3) is 0 Å². The third-order valence-electron chi connectivity index (χ3n) is 9.40. The minimum atomic E-state index is -2.04. The van der Waals surface area contributed by atoms with Gasteiger partial charge in [0, 0.05) is 17.7 Å². The van der Waals surface area contributed by atoms with Crippen molar-refractivity contribution in [3.05, 3.63) is 40.6 Å². The molecule has 6 rings (SSSR count). The van der Waals surface area contributed by atoms with Crippen LogP contribution in [0.5, 0.6) is 28.7 Å². The fourth-order valence-electron chi connectivity index (χ4n) is 6.35. The molecule has 0 bridgehead atoms. The maximum Gasteiger partial charge on any atom is 0.239 e. The number of aliphatic hydroxyl groups is 9. The Morgan fingerprint density at radius 1 is 0.667 bits per heavy atom. The van der Waals surface area contributed by atoms with E-state index >= 15 is 0 Å². The van der Waals surface area contributed by atoms with Gasteiger partial charge in [-0.25, -0.2) is 0 Å². The van der Waals surface area contributed by atoms with Crippen molar-refractivity contribution in [1.29, 1.82) is 0 Å². The number of phenols is 4. The highest BCUT2D eigenvalue weighted by atomic mass is 16.8. The Morgan fingerprint density at radius 2 is 1.30 bits per heavy atom. The van der Waals surface area contributed by atoms with Gasteiger partial charge >= 0.3 is 0 Å². The minimum absolute atomic E-state index is 0.0714. The standard InChI is InChI=1S/C33H40O21/c1-9-28(53-32-25(45)22(42)19(39)16(7-34)51-32)24(44)27(47)31(49-9)48-8-17-20(40)23(43)26(46)33(52-17)54-30-21(41)18-14(38)5-11(35)6-15(18)50-29(30)10-2-3-12(36)13(37)4-10/h2-6,9,16-17,19-20,22-28,31-40,42-47H,7-8H2,1H3/t9-,16+,17+,19-,20+,22-,23-,24-,25+,26+,27+,28-,31+,32-,33-/m0/s1. The first-order valence-corrected chi connectivity index (χ1v) is 16.5. The lowest BCUT2D eigenvalue weighted by molar-refractivity contribution is -0.359. The lowest BCUT2D eigenvalue weighted by Gasteiger charge is -2.46. The molecule has 4 heterocycles. The molecule has 0 aliphatic carbocycles. The van der Waals surface area contributed by atoms with Crippen molar-refractivity contribution < 1.29 is 99.2 Å². The van der Waals surface area contributed by atoms with Gasteiger partial charge in [-0.1, -0.05) is 0 Å². The number of fused-ring (bicyclic) bond motifs is 1. The predicted molar refractivity (Wildman–Crippen MR) is 173 cm³/mol. The maximum absolute atomic E-state index is 13.7. The van der Waals surface area contributed by atoms with Gasteiger partial charge in [-0.2, -0.15) is 0 Å². The van der Waals surface area contributed by atoms with Gasteiger partial charge < -0.3 is 99.2 Å². The molecule has 0 radical (unpaired) electrons. The van der Waals surface area contributed by atoms with E-state index in [1.54, 1.807) is 0 Å². The molecule has 21 heteroatoms. The van der Waals surface area contributed by atoms with Gasteiger partial charge in [0.05, 0.1) is 19.3 Å². The van der Waals surface area contributed by atoms with Crippen LogP contribution in [0.1, 0.15) is 6.92 Å². The Hall–Kier alpha value is -3.91. The number of aliphatic hydroxyl groups excluding tert-OH is 9. The zero-order chi connectivity index (χ0) is 39.3. The zero-order valence-corrected chi connectivity index (χ0v) is 28.0. The summed E-state index contributed by atoms with van der Waals surface area (Å²) in [4.78, 5) is 13.7. The van der Waals surface area contributed by atoms with Crippen LogP contribution < -0.4 is 10.2 Å². The third kappa shape index (κ3) is 7.39. The van der Waals surface area contributed by atoms with E-state index in [0.717, 1.165) is 24.3 Å². The van der Waals surface area contributed by atoms with E-state index in [2.05, 4.69) is 0 Å². The van der Waals surface area contributed by atoms with E-state index in [1.807, 2.05) is 0 Å². The van der Waals surface area contributed by atoms with Gasteiger partial charge in [0.15, 0.2) is 29.8 Å². The Kier molecular flexibility index (Phi) is 11.5. The van der Waals surface area contributed by atoms with Crippen molar-refractivity contribution in [2.24, 2.45) is 0 Å². The number of hydrogen-bond acceptors (Lipinski definition) is 21. The smallest absolute Gasteiger partial charge is 0.239 e. The Balaban J connectivity index is 1.19. The second kappa shape index (κ2) is 15.7. The largest absolute Gasteiger partial charge is 0.508 e. The monoisotopic (exact) mass is 772 g/mol. The molecule has 2 aromatic carbocycles. The molecular formula is C33H40O21. The van der Waals surface area contributed by atoms with Crippen molar-refractivity contribution in [1.82, 2.24) is 0 Å². The summed E-state index contributed by atoms with van der Waals surface area (Å²) in [5.74, 6) is -3.56. The number of phenolic OH excluding ortho intramolecular Hbond substituents is 4. The molecule has 3 fully saturated rings. The molecule has 54 heavy (non-hydrogen) atoms. The normalized spacial score (nSPS) is 37.3. The highest BCUT2D eigenvalue weighted by molar-refractivity contribution is 5.88. The Bertz CT molecular complexity index is 1850. The zero-order valence-electron chi connectivity index (χ0n) is 28.0. The lowest BCUT2D eigenvalue weighted by Crippen LogP contribution is -2.64. The summed E-state index contributed by atoms with van der Waals surface area (Å²) in [6.07, 6.45) is -25.6. The highest BCUT2D eigenvalue weighted by Gasteiger charge is 2.51. The maximum atomic E-state index is 13.7. The average molecular weight is 773 g/mol. The number of rotatable bonds is 9. The molecular weight excluding hydrogens is 732 g/mol. The van der Waals surface area contributed by atoms with Crippen LogP contribution in [0.3, 0.4) is 0 Å². The van der Waals surface area contributed by atoms with Gasteiger partial charge in [-0.05, 0) is 25.1 Å². The van der Waals surface area contributed by atoms with E-state index in [4.69, 9.17) is 32.8 Å². The first kappa shape index (κ1) is 39.8. The molecule has 1 aromatic heterocycles. The summed E-state index contributed by atoms with van der Waals surface area (Å²) >= 11 is 0. The van der Waals surface area contributed by atoms with Crippen LogP contribution in [0.25, 0.3) is 22.3 Å². The van der Waals surface area contributed by atoms with E-state index in [9.17, 15) is 71.2 Å². The summed E-state index contributed by atoms with van der Waals surface area (Å²) in [5, 5.41) is 134. The average Bonchev–Trinajstić information content (AvgIpc) is 3.13. The molecule has 0 unspecified atom stereocenters. The fourth-order valence-corrected chi connectivity index (χ4v) is 6.35. The van der Waals surface area contributed by atoms with Gasteiger partial charge in [0.1, 0.15) is 89.6 Å². The van der Waals surface area contributed by atoms with Crippen LogP contribution in [-0.4, -0.2) is 172 Å². The molecule has 0 amide bonds. The topological polar surface area (TPSA) is 349 Å². The van der Waals surface area contributed by atoms with Crippen molar-refractivity contribution in [2.45, 2.75) is 99.0 Å². The summed E-state index contributed by atoms with van der Waals surface area (Å²) in [6.45, 7) is -0.0742. The first-order chi connectivity index (χ1) is 25.5. The van der Waals surface area contributed by atoms with Crippen LogP contribution >= 0.6 is 0 Å². The molecule has 0 spiro atoms. The second-order valence-corrected chi connectivity index (χ2v) is 13.1. The molecule has 3 aromatic rings. The molecule has 13 N–H and O–H groups in total. The van der Waals surface area contributed by atoms with Gasteiger partial charge in [-0.15, -0.1) is 0 Å². The number of aromatic hydroxyl groups is 4. The van der Waals surface area contributed by atoms with Crippen molar-refractivity contribution in [3.8, 4) is 40.1 Å². The van der Waals surface area contributed by atoms with Crippen LogP contribution in [-0.2, 0) is 23.7 Å². The van der Waals surface area contributed by atoms with Crippen LogP contribution in [0.15, 0.2) is 39.5 Å². The summed E-state index contributed by atoms with van der Waals surface area (Å²) in [6, 6.07) is 5.12. The van der Waals surface area contributed by atoms with Crippen LogP contribution in [0.4, 0.5) is 0 Å². The fraction of sp³-hybridized carbons (Fsp3) is 0.545. The van der Waals surface area contributed by atoms with Crippen molar-refractivity contribution >= 4 is 11.0 Å². The van der Waals surface area contributed by atoms with E-state index < -0.39 is 151 Å². The van der Waals surface area contributed by atoms with Crippen molar-refractivity contribution in [3.63, 3.8) is 0 Å². The second-order valence-electron chi connectivity index (χ2n) is 13.1. The molecule has 15 atom stereocenters. The molecule has 298 valence electrons. The van der Waals surface area contributed by atoms with Gasteiger partial charge in [-0.3, -0.25) is 4.79 Å². The molecule has 3 aliphatic heterocycles. The molecule has 21 nitrogen and oxygen atoms in total. The molecule has 0 saturated carbocycles. The SMILES string of the molecule is C[C@@H]1O[C@@H](OC[C@H]2O[C@@H](Oc3c(-c4ccc(O)c(O)c4)oc4cc(O)cc(O)c4c3=O)[C@H](O)[C@@H](O)[C@@H]2O)[C@H](O)[C@H](O)[C@H]1O[C@@H]1O[C@H](CO)[C@H](O)[C@H](O)[C@H]1O. The van der Waals surface area contributed by atoms with E-state index in [0.29, 0.717) is 0 Å². The van der Waals surface area contributed by atoms with Crippen LogP contribution in [0.2, 0.25) is 0 Å². The Labute approximate surface area is 303 Å². The number of ether oxygens (including phenoxy) is 6. The number of benzene rings is 2. The van der Waals surface area contributed by atoms with Crippen LogP contribution in [0, 0.1) is 0 Å².